The molecule has 3 aromatic heterocycles. The van der Waals surface area contributed by atoms with Crippen LogP contribution in [-0.4, -0.2) is 38.5 Å². The van der Waals surface area contributed by atoms with Crippen molar-refractivity contribution < 1.29 is 0 Å². The van der Waals surface area contributed by atoms with Gasteiger partial charge < -0.3 is 4.90 Å². The van der Waals surface area contributed by atoms with Crippen LogP contribution in [0.1, 0.15) is 22.5 Å². The number of thiazole rings is 1. The summed E-state index contributed by atoms with van der Waals surface area (Å²) in [4.78, 5) is 31.6. The normalized spacial score (nSPS) is 12.1. The van der Waals surface area contributed by atoms with E-state index in [0.717, 1.165) is 33.8 Å². The Morgan fingerprint density at radius 2 is 1.86 bits per heavy atom. The Balaban J connectivity index is 1.75. The molecular weight excluding hydrogens is 388 g/mol. The van der Waals surface area contributed by atoms with Gasteiger partial charge in [0.25, 0.3) is 11.1 Å². The van der Waals surface area contributed by atoms with Crippen LogP contribution in [0, 0.1) is 6.92 Å². The molecule has 0 spiro atoms. The van der Waals surface area contributed by atoms with Crippen LogP contribution in [0.3, 0.4) is 0 Å². The molecule has 148 valence electrons. The average molecular weight is 408 g/mol. The van der Waals surface area contributed by atoms with Crippen LogP contribution in [-0.2, 0) is 13.5 Å². The summed E-state index contributed by atoms with van der Waals surface area (Å²) in [6, 6.07) is 7.85. The highest BCUT2D eigenvalue weighted by molar-refractivity contribution is 7.15. The fourth-order valence-corrected chi connectivity index (χ4v) is 3.95. The second-order valence-electron chi connectivity index (χ2n) is 7.06. The van der Waals surface area contributed by atoms with Crippen molar-refractivity contribution in [2.45, 2.75) is 13.3 Å². The zero-order valence-corrected chi connectivity index (χ0v) is 17.4. The van der Waals surface area contributed by atoms with Crippen LogP contribution in [0.15, 0.2) is 40.1 Å². The molecule has 0 aliphatic heterocycles. The van der Waals surface area contributed by atoms with Crippen molar-refractivity contribution in [3.63, 3.8) is 0 Å². The van der Waals surface area contributed by atoms with Crippen molar-refractivity contribution in [3.05, 3.63) is 78.2 Å². The first-order chi connectivity index (χ1) is 13.8. The molecular formula is C20H20N6O2S. The van der Waals surface area contributed by atoms with Crippen LogP contribution in [0.4, 0.5) is 5.69 Å². The summed E-state index contributed by atoms with van der Waals surface area (Å²) < 4.78 is 3.37. The highest BCUT2D eigenvalue weighted by Crippen LogP contribution is 2.13. The molecule has 29 heavy (non-hydrogen) atoms. The fraction of sp³-hybridized carbons (Fsp3) is 0.250. The molecule has 9 heteroatoms. The molecule has 0 radical (unpaired) electrons. The van der Waals surface area contributed by atoms with Crippen LogP contribution < -0.4 is 20.6 Å². The third-order valence-electron chi connectivity index (χ3n) is 4.61. The van der Waals surface area contributed by atoms with E-state index in [9.17, 15) is 9.59 Å². The monoisotopic (exact) mass is 408 g/mol. The minimum absolute atomic E-state index is 0.249. The van der Waals surface area contributed by atoms with Crippen LogP contribution >= 0.6 is 11.3 Å². The van der Waals surface area contributed by atoms with Gasteiger partial charge in [-0.05, 0) is 30.7 Å². The van der Waals surface area contributed by atoms with Crippen molar-refractivity contribution in [1.29, 1.82) is 0 Å². The highest BCUT2D eigenvalue weighted by Gasteiger charge is 2.12. The van der Waals surface area contributed by atoms with E-state index < -0.39 is 5.56 Å². The Labute approximate surface area is 170 Å². The minimum Gasteiger partial charge on any atom is -0.378 e. The Morgan fingerprint density at radius 1 is 1.14 bits per heavy atom. The number of benzene rings is 1. The summed E-state index contributed by atoms with van der Waals surface area (Å²) >= 11 is 1.15. The van der Waals surface area contributed by atoms with Crippen molar-refractivity contribution in [2.75, 3.05) is 19.0 Å². The van der Waals surface area contributed by atoms with Gasteiger partial charge in [-0.25, -0.2) is 0 Å². The fourth-order valence-electron chi connectivity index (χ4n) is 3.06. The Morgan fingerprint density at radius 3 is 2.48 bits per heavy atom. The molecule has 3 heterocycles. The van der Waals surface area contributed by atoms with E-state index >= 15 is 0 Å². The number of anilines is 1. The first-order valence-corrected chi connectivity index (χ1v) is 9.84. The molecule has 4 aromatic rings. The van der Waals surface area contributed by atoms with Gasteiger partial charge >= 0.3 is 0 Å². The molecule has 0 aliphatic rings. The average Bonchev–Trinajstić information content (AvgIpc) is 3.14. The Kier molecular flexibility index (Phi) is 4.75. The number of hydrogen-bond acceptors (Lipinski definition) is 7. The summed E-state index contributed by atoms with van der Waals surface area (Å²) in [7, 11) is 5.76. The standard InChI is InChI=1S/C20H20N6O2S/c1-12-14(11-25(4)22-12)10-17-19(28)26-20(29-17)21-18(27)16(23-26)9-13-5-7-15(8-6-13)24(2)3/h5-8,10-11H,9H2,1-4H3/b17-10-. The second kappa shape index (κ2) is 7.25. The van der Waals surface area contributed by atoms with Gasteiger partial charge in [-0.3, -0.25) is 14.3 Å². The van der Waals surface area contributed by atoms with Gasteiger partial charge in [0.05, 0.1) is 10.2 Å². The molecule has 0 saturated carbocycles. The van der Waals surface area contributed by atoms with E-state index in [0.29, 0.717) is 15.9 Å². The number of fused-ring (bicyclic) bond motifs is 1. The Bertz CT molecular complexity index is 1370. The van der Waals surface area contributed by atoms with Crippen LogP contribution in [0.5, 0.6) is 0 Å². The smallest absolute Gasteiger partial charge is 0.296 e. The van der Waals surface area contributed by atoms with Gasteiger partial charge in [-0.2, -0.15) is 19.7 Å². The molecule has 4 rings (SSSR count). The Hall–Kier alpha value is -3.33. The molecule has 0 saturated heterocycles. The van der Waals surface area contributed by atoms with Crippen molar-refractivity contribution >= 4 is 28.1 Å². The lowest BCUT2D eigenvalue weighted by Gasteiger charge is -2.12. The summed E-state index contributed by atoms with van der Waals surface area (Å²) in [5, 5.41) is 8.59. The molecule has 0 unspecified atom stereocenters. The minimum atomic E-state index is -0.410. The van der Waals surface area contributed by atoms with E-state index in [4.69, 9.17) is 0 Å². The van der Waals surface area contributed by atoms with Gasteiger partial charge in [-0.15, -0.1) is 0 Å². The SMILES string of the molecule is Cc1nn(C)cc1/C=c1\sc2nc(=O)c(Cc3ccc(N(C)C)cc3)nn2c1=O. The van der Waals surface area contributed by atoms with Crippen molar-refractivity contribution in [3.8, 4) is 0 Å². The maximum Gasteiger partial charge on any atom is 0.296 e. The number of aryl methyl sites for hydroxylation is 2. The third kappa shape index (κ3) is 3.68. The first kappa shape index (κ1) is 19.0. The topological polar surface area (TPSA) is 85.4 Å². The van der Waals surface area contributed by atoms with Crippen LogP contribution in [0.25, 0.3) is 11.0 Å². The molecule has 8 nitrogen and oxygen atoms in total. The number of hydrogen-bond donors (Lipinski definition) is 0. The summed E-state index contributed by atoms with van der Waals surface area (Å²) in [6.07, 6.45) is 3.92. The maximum absolute atomic E-state index is 12.8. The maximum atomic E-state index is 12.8. The van der Waals surface area contributed by atoms with E-state index in [1.807, 2.05) is 63.4 Å². The predicted molar refractivity (Wildman–Crippen MR) is 114 cm³/mol. The highest BCUT2D eigenvalue weighted by atomic mass is 32.1. The molecule has 0 aliphatic carbocycles. The van der Waals surface area contributed by atoms with Gasteiger partial charge in [0.15, 0.2) is 0 Å². The molecule has 0 amide bonds. The summed E-state index contributed by atoms with van der Waals surface area (Å²) in [6.45, 7) is 1.88. The first-order valence-electron chi connectivity index (χ1n) is 9.03. The van der Waals surface area contributed by atoms with E-state index in [2.05, 4.69) is 15.2 Å². The van der Waals surface area contributed by atoms with Gasteiger partial charge in [0, 0.05) is 45.0 Å². The van der Waals surface area contributed by atoms with Gasteiger partial charge in [-0.1, -0.05) is 23.5 Å². The summed E-state index contributed by atoms with van der Waals surface area (Å²) in [5.74, 6) is 0. The number of aromatic nitrogens is 5. The van der Waals surface area contributed by atoms with E-state index in [1.165, 1.54) is 4.52 Å². The molecule has 0 atom stereocenters. The molecule has 0 fully saturated rings. The van der Waals surface area contributed by atoms with Gasteiger partial charge in [0.1, 0.15) is 5.69 Å². The van der Waals surface area contributed by atoms with E-state index in [1.54, 1.807) is 10.8 Å². The summed E-state index contributed by atoms with van der Waals surface area (Å²) in [5.41, 5.74) is 3.22. The zero-order valence-electron chi connectivity index (χ0n) is 16.6. The zero-order chi connectivity index (χ0) is 20.7. The lowest BCUT2D eigenvalue weighted by Crippen LogP contribution is -2.28. The molecule has 1 aromatic carbocycles. The van der Waals surface area contributed by atoms with Crippen LogP contribution in [0.2, 0.25) is 0 Å². The third-order valence-corrected chi connectivity index (χ3v) is 5.57. The second-order valence-corrected chi connectivity index (χ2v) is 8.06. The number of rotatable bonds is 4. The predicted octanol–water partition coefficient (Wildman–Crippen LogP) is 0.758. The number of nitrogens with zero attached hydrogens (tertiary/aromatic N) is 6. The van der Waals surface area contributed by atoms with E-state index in [-0.39, 0.29) is 11.3 Å². The lowest BCUT2D eigenvalue weighted by molar-refractivity contribution is 0.756. The van der Waals surface area contributed by atoms with Gasteiger partial charge in [0.2, 0.25) is 4.96 Å². The van der Waals surface area contributed by atoms with Crippen molar-refractivity contribution in [2.24, 2.45) is 7.05 Å². The molecule has 0 bridgehead atoms. The van der Waals surface area contributed by atoms with Crippen molar-refractivity contribution in [1.82, 2.24) is 24.4 Å². The molecule has 0 N–H and O–H groups in total. The quantitative estimate of drug-likeness (QED) is 0.496. The largest absolute Gasteiger partial charge is 0.378 e. The lowest BCUT2D eigenvalue weighted by atomic mass is 10.1.